The van der Waals surface area contributed by atoms with Crippen LogP contribution in [0.2, 0.25) is 0 Å². The molecule has 0 bridgehead atoms. The molecule has 0 aliphatic carbocycles. The van der Waals surface area contributed by atoms with Crippen molar-refractivity contribution in [3.8, 4) is 0 Å². The van der Waals surface area contributed by atoms with Gasteiger partial charge in [-0.3, -0.25) is 4.79 Å². The molecular formula is C16H18N2O5S2. The van der Waals surface area contributed by atoms with Crippen LogP contribution in [0.5, 0.6) is 0 Å². The number of hydrogen-bond acceptors (Lipinski definition) is 5. The van der Waals surface area contributed by atoms with Crippen molar-refractivity contribution in [1.29, 1.82) is 0 Å². The Kier molecular flexibility index (Phi) is 5.61. The fraction of sp³-hybridized carbons (Fsp3) is 0.250. The van der Waals surface area contributed by atoms with Crippen LogP contribution in [0.4, 0.5) is 0 Å². The van der Waals surface area contributed by atoms with Crippen molar-refractivity contribution in [3.63, 3.8) is 0 Å². The van der Waals surface area contributed by atoms with Crippen LogP contribution in [-0.2, 0) is 14.8 Å². The first-order valence-electron chi connectivity index (χ1n) is 7.28. The van der Waals surface area contributed by atoms with Gasteiger partial charge in [0.2, 0.25) is 10.0 Å². The second-order valence-electron chi connectivity index (χ2n) is 5.44. The maximum absolute atomic E-state index is 12.3. The third-order valence-corrected chi connectivity index (χ3v) is 6.24. The third-order valence-electron chi connectivity index (χ3n) is 3.76. The molecule has 1 atom stereocenters. The van der Waals surface area contributed by atoms with Gasteiger partial charge in [0.05, 0.1) is 9.77 Å². The number of rotatable bonds is 6. The van der Waals surface area contributed by atoms with Crippen LogP contribution in [0.3, 0.4) is 0 Å². The van der Waals surface area contributed by atoms with Gasteiger partial charge >= 0.3 is 5.97 Å². The van der Waals surface area contributed by atoms with Crippen molar-refractivity contribution in [2.45, 2.75) is 24.8 Å². The van der Waals surface area contributed by atoms with E-state index in [2.05, 4.69) is 10.0 Å². The van der Waals surface area contributed by atoms with E-state index < -0.39 is 27.9 Å². The number of hydrogen-bond donors (Lipinski definition) is 3. The Labute approximate surface area is 149 Å². The van der Waals surface area contributed by atoms with Crippen LogP contribution in [0.1, 0.15) is 32.4 Å². The summed E-state index contributed by atoms with van der Waals surface area (Å²) < 4.78 is 25.6. The van der Waals surface area contributed by atoms with Gasteiger partial charge in [-0.15, -0.1) is 11.3 Å². The van der Waals surface area contributed by atoms with E-state index in [4.69, 9.17) is 0 Å². The molecule has 3 N–H and O–H groups in total. The fourth-order valence-electron chi connectivity index (χ4n) is 2.13. The average Bonchev–Trinajstić information content (AvgIpc) is 3.06. The zero-order valence-corrected chi connectivity index (χ0v) is 15.5. The number of carboxylic acids is 1. The van der Waals surface area contributed by atoms with Gasteiger partial charge in [-0.25, -0.2) is 17.9 Å². The second-order valence-corrected chi connectivity index (χ2v) is 8.24. The van der Waals surface area contributed by atoms with Crippen LogP contribution in [-0.4, -0.2) is 32.4 Å². The summed E-state index contributed by atoms with van der Waals surface area (Å²) in [5.74, 6) is -1.84. The van der Waals surface area contributed by atoms with Crippen molar-refractivity contribution >= 4 is 33.2 Å². The lowest BCUT2D eigenvalue weighted by atomic mass is 10.0. The first-order chi connectivity index (χ1) is 11.7. The molecule has 2 rings (SSSR count). The number of amides is 1. The lowest BCUT2D eigenvalue weighted by molar-refractivity contribution is -0.139. The molecule has 7 nitrogen and oxygen atoms in total. The highest BCUT2D eigenvalue weighted by atomic mass is 32.2. The maximum Gasteiger partial charge on any atom is 0.330 e. The van der Waals surface area contributed by atoms with Crippen molar-refractivity contribution in [1.82, 2.24) is 10.0 Å². The highest BCUT2D eigenvalue weighted by molar-refractivity contribution is 7.89. The van der Waals surface area contributed by atoms with E-state index in [0.29, 0.717) is 5.56 Å². The Morgan fingerprint density at radius 1 is 1.16 bits per heavy atom. The Bertz CT molecular complexity index is 918. The Balaban J connectivity index is 2.27. The first-order valence-corrected chi connectivity index (χ1v) is 9.65. The minimum absolute atomic E-state index is 0.0387. The molecule has 0 aliphatic rings. The predicted molar refractivity (Wildman–Crippen MR) is 94.3 cm³/mol. The summed E-state index contributed by atoms with van der Waals surface area (Å²) in [4.78, 5) is 24.0. The highest BCUT2D eigenvalue weighted by Gasteiger charge is 2.25. The van der Waals surface area contributed by atoms with E-state index in [0.717, 1.165) is 22.5 Å². The Morgan fingerprint density at radius 3 is 2.40 bits per heavy atom. The van der Waals surface area contributed by atoms with Crippen LogP contribution in [0.15, 0.2) is 34.5 Å². The minimum Gasteiger partial charge on any atom is -0.479 e. The van der Waals surface area contributed by atoms with Gasteiger partial charge in [-0.2, -0.15) is 0 Å². The van der Waals surface area contributed by atoms with Crippen LogP contribution in [0, 0.1) is 13.8 Å². The maximum atomic E-state index is 12.3. The molecule has 0 saturated carbocycles. The van der Waals surface area contributed by atoms with E-state index >= 15 is 0 Å². The fourth-order valence-corrected chi connectivity index (χ4v) is 4.04. The van der Waals surface area contributed by atoms with Crippen molar-refractivity contribution in [2.24, 2.45) is 0 Å². The summed E-state index contributed by atoms with van der Waals surface area (Å²) in [6.07, 6.45) is 0. The quantitative estimate of drug-likeness (QED) is 0.705. The van der Waals surface area contributed by atoms with E-state index in [1.54, 1.807) is 18.2 Å². The third kappa shape index (κ3) is 4.25. The molecule has 0 radical (unpaired) electrons. The van der Waals surface area contributed by atoms with E-state index in [9.17, 15) is 23.1 Å². The summed E-state index contributed by atoms with van der Waals surface area (Å²) >= 11 is 0.930. The minimum atomic E-state index is -3.65. The molecule has 1 aromatic heterocycles. The summed E-state index contributed by atoms with van der Waals surface area (Å²) in [7, 11) is -2.38. The molecule has 1 aromatic carbocycles. The van der Waals surface area contributed by atoms with E-state index in [1.807, 2.05) is 13.8 Å². The number of sulfonamides is 1. The summed E-state index contributed by atoms with van der Waals surface area (Å²) in [5.41, 5.74) is 2.37. The monoisotopic (exact) mass is 382 g/mol. The molecule has 0 saturated heterocycles. The second kappa shape index (κ2) is 7.34. The summed E-state index contributed by atoms with van der Waals surface area (Å²) in [5, 5.41) is 13.2. The molecule has 0 aliphatic heterocycles. The molecule has 0 fully saturated rings. The van der Waals surface area contributed by atoms with E-state index in [1.165, 1.54) is 18.5 Å². The topological polar surface area (TPSA) is 113 Å². The number of carbonyl (C=O) groups excluding carboxylic acids is 1. The predicted octanol–water partition coefficient (Wildman–Crippen LogP) is 1.83. The zero-order valence-electron chi connectivity index (χ0n) is 13.9. The molecule has 1 unspecified atom stereocenters. The van der Waals surface area contributed by atoms with Crippen LogP contribution in [0.25, 0.3) is 0 Å². The van der Waals surface area contributed by atoms with E-state index in [-0.39, 0.29) is 9.77 Å². The smallest absolute Gasteiger partial charge is 0.330 e. The molecule has 134 valence electrons. The summed E-state index contributed by atoms with van der Waals surface area (Å²) in [6.45, 7) is 3.76. The molecule has 25 heavy (non-hydrogen) atoms. The number of nitrogens with one attached hydrogen (secondary N) is 2. The van der Waals surface area contributed by atoms with Gasteiger partial charge in [0.15, 0.2) is 6.04 Å². The molecule has 1 amide bonds. The Morgan fingerprint density at radius 2 is 1.84 bits per heavy atom. The number of aliphatic carboxylic acids is 1. The molecule has 2 aromatic rings. The van der Waals surface area contributed by atoms with Crippen molar-refractivity contribution < 1.29 is 23.1 Å². The molecule has 9 heteroatoms. The number of carboxylic acid groups (broad SMARTS) is 1. The number of thiophene rings is 1. The summed E-state index contributed by atoms with van der Waals surface area (Å²) in [6, 6.07) is 5.13. The number of carbonyl (C=O) groups is 2. The van der Waals surface area contributed by atoms with Crippen molar-refractivity contribution in [2.75, 3.05) is 7.05 Å². The van der Waals surface area contributed by atoms with Gasteiger partial charge in [0.1, 0.15) is 0 Å². The average molecular weight is 382 g/mol. The zero-order chi connectivity index (χ0) is 18.8. The van der Waals surface area contributed by atoms with Gasteiger partial charge in [0, 0.05) is 5.38 Å². The van der Waals surface area contributed by atoms with Crippen LogP contribution >= 0.6 is 11.3 Å². The lowest BCUT2D eigenvalue weighted by Gasteiger charge is -2.15. The lowest BCUT2D eigenvalue weighted by Crippen LogP contribution is -2.33. The number of benzene rings is 1. The first kappa shape index (κ1) is 19.1. The SMILES string of the molecule is CNS(=O)(=O)c1csc(C(=O)NC(C(=O)O)c2ccc(C)c(C)c2)c1. The normalized spacial score (nSPS) is 12.6. The largest absolute Gasteiger partial charge is 0.479 e. The van der Waals surface area contributed by atoms with Gasteiger partial charge < -0.3 is 10.4 Å². The van der Waals surface area contributed by atoms with Gasteiger partial charge in [-0.05, 0) is 43.7 Å². The van der Waals surface area contributed by atoms with Crippen LogP contribution < -0.4 is 10.0 Å². The molecule has 1 heterocycles. The molecule has 0 spiro atoms. The highest BCUT2D eigenvalue weighted by Crippen LogP contribution is 2.22. The number of aryl methyl sites for hydroxylation is 2. The van der Waals surface area contributed by atoms with Gasteiger partial charge in [0.25, 0.3) is 5.91 Å². The Hall–Kier alpha value is -2.23. The molecular weight excluding hydrogens is 364 g/mol. The standard InChI is InChI=1S/C16H18N2O5S2/c1-9-4-5-11(6-10(9)2)14(16(20)21)18-15(19)13-7-12(8-24-13)25(22,23)17-3/h4-8,14,17H,1-3H3,(H,18,19)(H,20,21). The van der Waals surface area contributed by atoms with Crippen molar-refractivity contribution in [3.05, 3.63) is 51.2 Å². The van der Waals surface area contributed by atoms with Gasteiger partial charge in [-0.1, -0.05) is 18.2 Å².